The third-order valence-corrected chi connectivity index (χ3v) is 2.32. The molecule has 0 bridgehead atoms. The third kappa shape index (κ3) is 8.98. The Morgan fingerprint density at radius 3 is 2.19 bits per heavy atom. The molecule has 1 N–H and O–H groups in total. The Hall–Kier alpha value is -0.280. The summed E-state index contributed by atoms with van der Waals surface area (Å²) in [6.45, 7) is 10.1. The highest BCUT2D eigenvalue weighted by molar-refractivity contribution is 6.25. The van der Waals surface area contributed by atoms with Crippen molar-refractivity contribution in [2.75, 3.05) is 26.2 Å². The van der Waals surface area contributed by atoms with Gasteiger partial charge in [-0.25, -0.2) is 0 Å². The summed E-state index contributed by atoms with van der Waals surface area (Å²) >= 11 is 5.73. The van der Waals surface area contributed by atoms with Gasteiger partial charge in [0.15, 0.2) is 0 Å². The number of hydrogen-bond acceptors (Lipinski definition) is 2. The lowest BCUT2D eigenvalue weighted by atomic mass is 10.1. The van der Waals surface area contributed by atoms with Crippen LogP contribution in [0.25, 0.3) is 0 Å². The van der Waals surface area contributed by atoms with Gasteiger partial charge in [0.1, 0.15) is 0 Å². The van der Waals surface area contributed by atoms with Crippen LogP contribution in [0.2, 0.25) is 0 Å². The monoisotopic (exact) mass is 265 g/mol. The van der Waals surface area contributed by atoms with Gasteiger partial charge in [0.05, 0.1) is 0 Å². The number of hydrogen-bond donors (Lipinski definition) is 1. The van der Waals surface area contributed by atoms with E-state index in [9.17, 15) is 0 Å². The Morgan fingerprint density at radius 2 is 1.81 bits per heavy atom. The molecular formula is C12H21Cl2NO. The Labute approximate surface area is 110 Å². The fourth-order valence-corrected chi connectivity index (χ4v) is 1.51. The number of aliphatic hydroxyl groups is 1. The Bertz CT molecular complexity index is 207. The Balaban J connectivity index is 0. The molecule has 16 heavy (non-hydrogen) atoms. The van der Waals surface area contributed by atoms with Crippen LogP contribution in [0.15, 0.2) is 36.4 Å². The molecule has 0 aliphatic heterocycles. The van der Waals surface area contributed by atoms with Gasteiger partial charge in [0.2, 0.25) is 0 Å². The Morgan fingerprint density at radius 1 is 1.25 bits per heavy atom. The molecule has 0 unspecified atom stereocenters. The van der Waals surface area contributed by atoms with Crippen LogP contribution in [-0.4, -0.2) is 36.2 Å². The number of aliphatic hydroxyl groups excluding tert-OH is 1. The van der Waals surface area contributed by atoms with Crippen LogP contribution < -0.4 is 0 Å². The van der Waals surface area contributed by atoms with E-state index in [4.69, 9.17) is 16.7 Å². The lowest BCUT2D eigenvalue weighted by Gasteiger charge is -2.20. The van der Waals surface area contributed by atoms with Crippen LogP contribution >= 0.6 is 24.0 Å². The first-order valence-electron chi connectivity index (χ1n) is 5.11. The first-order chi connectivity index (χ1) is 7.28. The summed E-state index contributed by atoms with van der Waals surface area (Å²) in [5, 5.41) is 8.74. The minimum atomic E-state index is 0. The summed E-state index contributed by atoms with van der Waals surface area (Å²) in [5.74, 6) is 0. The van der Waals surface area contributed by atoms with Gasteiger partial charge in [-0.3, -0.25) is 4.90 Å². The molecule has 0 amide bonds. The summed E-state index contributed by atoms with van der Waals surface area (Å²) in [4.78, 5) is 2.19. The van der Waals surface area contributed by atoms with Crippen molar-refractivity contribution in [1.29, 1.82) is 0 Å². The van der Waals surface area contributed by atoms with Crippen LogP contribution in [0.4, 0.5) is 0 Å². The van der Waals surface area contributed by atoms with Crippen molar-refractivity contribution in [2.24, 2.45) is 0 Å². The second kappa shape index (κ2) is 12.8. The van der Waals surface area contributed by atoms with Crippen molar-refractivity contribution in [1.82, 2.24) is 4.90 Å². The molecule has 2 nitrogen and oxygen atoms in total. The van der Waals surface area contributed by atoms with Crippen molar-refractivity contribution in [3.63, 3.8) is 0 Å². The summed E-state index contributed by atoms with van der Waals surface area (Å²) in [6.07, 6.45) is 5.32. The van der Waals surface area contributed by atoms with Gasteiger partial charge in [-0.1, -0.05) is 23.8 Å². The lowest BCUT2D eigenvalue weighted by molar-refractivity contribution is 0.285. The molecule has 0 aromatic heterocycles. The van der Waals surface area contributed by atoms with E-state index in [1.54, 1.807) is 5.54 Å². The molecular weight excluding hydrogens is 245 g/mol. The predicted molar refractivity (Wildman–Crippen MR) is 74.3 cm³/mol. The van der Waals surface area contributed by atoms with Gasteiger partial charge in [-0.05, 0) is 18.4 Å². The average molecular weight is 266 g/mol. The molecule has 0 saturated heterocycles. The van der Waals surface area contributed by atoms with E-state index in [0.29, 0.717) is 0 Å². The minimum Gasteiger partial charge on any atom is -0.396 e. The van der Waals surface area contributed by atoms with Crippen molar-refractivity contribution in [2.45, 2.75) is 12.8 Å². The van der Waals surface area contributed by atoms with Crippen LogP contribution in [0.3, 0.4) is 0 Å². The molecule has 0 fully saturated rings. The number of nitrogens with zero attached hydrogens (tertiary/aromatic N) is 1. The maximum Gasteiger partial charge on any atom is 0.0434 e. The van der Waals surface area contributed by atoms with Crippen LogP contribution in [-0.2, 0) is 0 Å². The van der Waals surface area contributed by atoms with Crippen molar-refractivity contribution in [3.05, 3.63) is 36.4 Å². The summed E-state index contributed by atoms with van der Waals surface area (Å²) < 4.78 is 0. The smallest absolute Gasteiger partial charge is 0.0434 e. The highest BCUT2D eigenvalue weighted by atomic mass is 35.5. The molecule has 94 valence electrons. The van der Waals surface area contributed by atoms with E-state index < -0.39 is 0 Å². The van der Waals surface area contributed by atoms with Crippen molar-refractivity contribution in [3.8, 4) is 0 Å². The minimum absolute atomic E-state index is 0. The summed E-state index contributed by atoms with van der Waals surface area (Å²) in [7, 11) is 0. The molecule has 0 atom stereocenters. The second-order valence-electron chi connectivity index (χ2n) is 3.37. The molecule has 0 aromatic carbocycles. The van der Waals surface area contributed by atoms with Crippen LogP contribution in [0.5, 0.6) is 0 Å². The quantitative estimate of drug-likeness (QED) is 0.648. The van der Waals surface area contributed by atoms with Gasteiger partial charge in [-0.2, -0.15) is 0 Å². The second-order valence-corrected chi connectivity index (χ2v) is 3.58. The lowest BCUT2D eigenvalue weighted by Crippen LogP contribution is -2.26. The van der Waals surface area contributed by atoms with Crippen molar-refractivity contribution < 1.29 is 5.11 Å². The number of rotatable bonds is 9. The van der Waals surface area contributed by atoms with Gasteiger partial charge in [-0.15, -0.1) is 25.6 Å². The van der Waals surface area contributed by atoms with Crippen LogP contribution in [0.1, 0.15) is 12.8 Å². The molecule has 0 rings (SSSR count). The SMILES string of the molecule is C=CCN(CC=C)CC(=CCl)CCCO.Cl. The third-order valence-electron chi connectivity index (χ3n) is 2.01. The summed E-state index contributed by atoms with van der Waals surface area (Å²) in [5.41, 5.74) is 2.74. The maximum atomic E-state index is 8.74. The largest absolute Gasteiger partial charge is 0.396 e. The molecule has 0 saturated carbocycles. The van der Waals surface area contributed by atoms with E-state index in [1.165, 1.54) is 0 Å². The van der Waals surface area contributed by atoms with E-state index >= 15 is 0 Å². The standard InChI is InChI=1S/C12H20ClNO.ClH/c1-3-7-14(8-4-2)11-12(10-13)6-5-9-15;/h3-4,10,15H,1-2,5-9,11H2;1H. The molecule has 0 heterocycles. The first-order valence-corrected chi connectivity index (χ1v) is 5.55. The molecule has 0 radical (unpaired) electrons. The van der Waals surface area contributed by atoms with E-state index in [2.05, 4.69) is 18.1 Å². The normalized spacial score (nSPS) is 11.1. The fourth-order valence-electron chi connectivity index (χ4n) is 1.33. The molecule has 0 aliphatic rings. The van der Waals surface area contributed by atoms with Crippen molar-refractivity contribution >= 4 is 24.0 Å². The molecule has 0 spiro atoms. The number of halogens is 2. The Kier molecular flexibility index (Phi) is 14.5. The first kappa shape index (κ1) is 18.1. The van der Waals surface area contributed by atoms with Gasteiger partial charge in [0.25, 0.3) is 0 Å². The zero-order valence-electron chi connectivity index (χ0n) is 9.57. The van der Waals surface area contributed by atoms with E-state index in [0.717, 1.165) is 38.0 Å². The average Bonchev–Trinajstić information content (AvgIpc) is 2.24. The van der Waals surface area contributed by atoms with Gasteiger partial charge >= 0.3 is 0 Å². The van der Waals surface area contributed by atoms with E-state index in [-0.39, 0.29) is 19.0 Å². The predicted octanol–water partition coefficient (Wildman–Crippen LogP) is 2.98. The molecule has 0 aromatic rings. The maximum absolute atomic E-state index is 8.74. The topological polar surface area (TPSA) is 23.5 Å². The molecule has 0 aliphatic carbocycles. The zero-order valence-corrected chi connectivity index (χ0v) is 11.1. The fraction of sp³-hybridized carbons (Fsp3) is 0.500. The van der Waals surface area contributed by atoms with E-state index in [1.807, 2.05) is 12.2 Å². The highest BCUT2D eigenvalue weighted by Crippen LogP contribution is 2.09. The van der Waals surface area contributed by atoms with Gasteiger partial charge in [0, 0.05) is 31.8 Å². The summed E-state index contributed by atoms with van der Waals surface area (Å²) in [6, 6.07) is 0. The highest BCUT2D eigenvalue weighted by Gasteiger charge is 2.04. The zero-order chi connectivity index (χ0) is 11.5. The van der Waals surface area contributed by atoms with Gasteiger partial charge < -0.3 is 5.11 Å². The molecule has 4 heteroatoms. The van der Waals surface area contributed by atoms with Crippen LogP contribution in [0, 0.1) is 0 Å².